The molecule has 5 heteroatoms. The Labute approximate surface area is 161 Å². The molecular weight excluding hydrogens is 342 g/mol. The molecule has 1 fully saturated rings. The van der Waals surface area contributed by atoms with Crippen LogP contribution >= 0.6 is 0 Å². The maximum Gasteiger partial charge on any atom is 0.290 e. The van der Waals surface area contributed by atoms with Gasteiger partial charge in [0.15, 0.2) is 11.5 Å². The molecule has 3 rings (SSSR count). The van der Waals surface area contributed by atoms with Crippen molar-refractivity contribution in [2.75, 3.05) is 0 Å². The summed E-state index contributed by atoms with van der Waals surface area (Å²) in [5.41, 5.74) is 1.03. The van der Waals surface area contributed by atoms with Gasteiger partial charge in [0.25, 0.3) is 5.91 Å². The molecule has 146 valence electrons. The van der Waals surface area contributed by atoms with E-state index in [1.807, 2.05) is 38.1 Å². The number of carbonyl (C=O) groups excluding carboxylic acids is 2. The largest absolute Gasteiger partial charge is 0.503 e. The second-order valence-corrected chi connectivity index (χ2v) is 8.07. The van der Waals surface area contributed by atoms with Crippen molar-refractivity contribution in [3.8, 4) is 5.75 Å². The van der Waals surface area contributed by atoms with Gasteiger partial charge in [-0.15, -0.1) is 0 Å². The van der Waals surface area contributed by atoms with Crippen LogP contribution < -0.4 is 4.74 Å². The van der Waals surface area contributed by atoms with Crippen LogP contribution in [0.5, 0.6) is 5.75 Å². The Balaban J connectivity index is 2.07. The molecule has 1 aromatic carbocycles. The Bertz CT molecular complexity index is 759. The highest BCUT2D eigenvalue weighted by atomic mass is 16.5. The minimum Gasteiger partial charge on any atom is -0.503 e. The van der Waals surface area contributed by atoms with Crippen molar-refractivity contribution < 1.29 is 19.4 Å². The molecule has 1 saturated carbocycles. The van der Waals surface area contributed by atoms with Crippen molar-refractivity contribution in [1.29, 1.82) is 0 Å². The summed E-state index contributed by atoms with van der Waals surface area (Å²) in [5, 5.41) is 10.6. The summed E-state index contributed by atoms with van der Waals surface area (Å²) in [7, 11) is 0. The van der Waals surface area contributed by atoms with Crippen LogP contribution in [0, 0.1) is 5.92 Å². The van der Waals surface area contributed by atoms with Gasteiger partial charge in [0.2, 0.25) is 0 Å². The lowest BCUT2D eigenvalue weighted by Crippen LogP contribution is -2.38. The van der Waals surface area contributed by atoms with E-state index in [0.29, 0.717) is 5.75 Å². The van der Waals surface area contributed by atoms with E-state index < -0.39 is 11.9 Å². The number of hydrogen-bond acceptors (Lipinski definition) is 4. The first-order valence-electron chi connectivity index (χ1n) is 9.87. The van der Waals surface area contributed by atoms with Gasteiger partial charge in [-0.2, -0.15) is 0 Å². The third-order valence-electron chi connectivity index (χ3n) is 5.30. The average molecular weight is 371 g/mol. The zero-order valence-corrected chi connectivity index (χ0v) is 16.6. The lowest BCUT2D eigenvalue weighted by molar-refractivity contribution is -0.131. The highest BCUT2D eigenvalue weighted by molar-refractivity contribution is 6.09. The standard InChI is InChI=1S/C22H29NO4/c1-13(2)20(24)18-19(15-8-7-11-17(12-15)27-14(3)4)23(22(26)21(18)25)16-9-5-6-10-16/h7-8,11-14,16,19,25H,5-6,9-10H2,1-4H3. The van der Waals surface area contributed by atoms with Crippen LogP contribution in [0.4, 0.5) is 0 Å². The Hall–Kier alpha value is -2.30. The maximum absolute atomic E-state index is 12.9. The zero-order chi connectivity index (χ0) is 19.7. The molecule has 0 bridgehead atoms. The summed E-state index contributed by atoms with van der Waals surface area (Å²) >= 11 is 0. The zero-order valence-electron chi connectivity index (χ0n) is 16.6. The molecule has 1 heterocycles. The Morgan fingerprint density at radius 3 is 2.44 bits per heavy atom. The van der Waals surface area contributed by atoms with Crippen LogP contribution in [-0.2, 0) is 9.59 Å². The fraction of sp³-hybridized carbons (Fsp3) is 0.545. The minimum absolute atomic E-state index is 0.0251. The lowest BCUT2D eigenvalue weighted by atomic mass is 9.90. The third kappa shape index (κ3) is 3.73. The van der Waals surface area contributed by atoms with E-state index in [0.717, 1.165) is 31.2 Å². The second-order valence-electron chi connectivity index (χ2n) is 8.07. The van der Waals surface area contributed by atoms with E-state index in [2.05, 4.69) is 0 Å². The summed E-state index contributed by atoms with van der Waals surface area (Å²) < 4.78 is 5.81. The van der Waals surface area contributed by atoms with Gasteiger partial charge < -0.3 is 14.7 Å². The van der Waals surface area contributed by atoms with Crippen LogP contribution in [-0.4, -0.2) is 33.8 Å². The van der Waals surface area contributed by atoms with E-state index in [-0.39, 0.29) is 35.2 Å². The lowest BCUT2D eigenvalue weighted by Gasteiger charge is -2.32. The van der Waals surface area contributed by atoms with E-state index >= 15 is 0 Å². The van der Waals surface area contributed by atoms with Gasteiger partial charge in [0.05, 0.1) is 17.7 Å². The molecule has 2 aliphatic rings. The first kappa shape index (κ1) is 19.5. The molecule has 0 aromatic heterocycles. The molecule has 5 nitrogen and oxygen atoms in total. The molecule has 1 aliphatic heterocycles. The summed E-state index contributed by atoms with van der Waals surface area (Å²) in [6.45, 7) is 7.49. The van der Waals surface area contributed by atoms with E-state index in [9.17, 15) is 14.7 Å². The number of hydrogen-bond donors (Lipinski definition) is 1. The maximum atomic E-state index is 12.9. The number of ether oxygens (including phenoxy) is 1. The average Bonchev–Trinajstić information content (AvgIpc) is 3.21. The predicted molar refractivity (Wildman–Crippen MR) is 104 cm³/mol. The van der Waals surface area contributed by atoms with Gasteiger partial charge in [-0.1, -0.05) is 38.8 Å². The number of aliphatic hydroxyl groups excluding tert-OH is 1. The fourth-order valence-electron chi connectivity index (χ4n) is 4.10. The fourth-order valence-corrected chi connectivity index (χ4v) is 4.10. The quantitative estimate of drug-likeness (QED) is 0.808. The molecule has 1 atom stereocenters. The summed E-state index contributed by atoms with van der Waals surface area (Å²) in [6.07, 6.45) is 3.96. The van der Waals surface area contributed by atoms with Gasteiger partial charge in [0, 0.05) is 12.0 Å². The Kier molecular flexibility index (Phi) is 5.59. The molecule has 1 unspecified atom stereocenters. The number of carbonyl (C=O) groups is 2. The van der Waals surface area contributed by atoms with Gasteiger partial charge >= 0.3 is 0 Å². The highest BCUT2D eigenvalue weighted by Gasteiger charge is 2.47. The van der Waals surface area contributed by atoms with Crippen LogP contribution in [0.1, 0.15) is 65.0 Å². The number of ketones is 1. The summed E-state index contributed by atoms with van der Waals surface area (Å²) in [4.78, 5) is 27.5. The molecule has 1 aliphatic carbocycles. The normalized spacial score (nSPS) is 21.0. The number of amides is 1. The van der Waals surface area contributed by atoms with Gasteiger partial charge in [0.1, 0.15) is 5.75 Å². The summed E-state index contributed by atoms with van der Waals surface area (Å²) in [6, 6.07) is 7.03. The molecule has 1 amide bonds. The second kappa shape index (κ2) is 7.75. The first-order valence-corrected chi connectivity index (χ1v) is 9.87. The number of rotatable bonds is 6. The molecule has 0 saturated heterocycles. The van der Waals surface area contributed by atoms with E-state index in [1.54, 1.807) is 18.7 Å². The van der Waals surface area contributed by atoms with E-state index in [1.165, 1.54) is 0 Å². The topological polar surface area (TPSA) is 66.8 Å². The summed E-state index contributed by atoms with van der Waals surface area (Å²) in [5.74, 6) is -0.589. The number of Topliss-reactive ketones (excluding diaryl/α,β-unsaturated/α-hetero) is 1. The van der Waals surface area contributed by atoms with Crippen molar-refractivity contribution in [1.82, 2.24) is 4.90 Å². The minimum atomic E-state index is -0.550. The smallest absolute Gasteiger partial charge is 0.290 e. The number of benzene rings is 1. The monoisotopic (exact) mass is 371 g/mol. The third-order valence-corrected chi connectivity index (χ3v) is 5.30. The van der Waals surface area contributed by atoms with E-state index in [4.69, 9.17) is 4.74 Å². The van der Waals surface area contributed by atoms with Crippen molar-refractivity contribution in [2.24, 2.45) is 5.92 Å². The number of aliphatic hydroxyl groups is 1. The highest BCUT2D eigenvalue weighted by Crippen LogP contribution is 2.43. The Morgan fingerprint density at radius 2 is 1.85 bits per heavy atom. The van der Waals surface area contributed by atoms with Crippen molar-refractivity contribution in [3.63, 3.8) is 0 Å². The van der Waals surface area contributed by atoms with Crippen molar-refractivity contribution in [2.45, 2.75) is 71.6 Å². The van der Waals surface area contributed by atoms with Crippen LogP contribution in [0.2, 0.25) is 0 Å². The van der Waals surface area contributed by atoms with Gasteiger partial charge in [-0.3, -0.25) is 9.59 Å². The first-order chi connectivity index (χ1) is 12.8. The van der Waals surface area contributed by atoms with Gasteiger partial charge in [-0.05, 0) is 44.4 Å². The molecule has 0 spiro atoms. The molecule has 0 radical (unpaired) electrons. The molecular formula is C22H29NO4. The van der Waals surface area contributed by atoms with Crippen LogP contribution in [0.25, 0.3) is 0 Å². The number of nitrogens with zero attached hydrogens (tertiary/aromatic N) is 1. The molecule has 27 heavy (non-hydrogen) atoms. The molecule has 1 N–H and O–H groups in total. The van der Waals surface area contributed by atoms with Crippen molar-refractivity contribution >= 4 is 11.7 Å². The van der Waals surface area contributed by atoms with Crippen molar-refractivity contribution in [3.05, 3.63) is 41.2 Å². The van der Waals surface area contributed by atoms with Crippen LogP contribution in [0.15, 0.2) is 35.6 Å². The van der Waals surface area contributed by atoms with Gasteiger partial charge in [-0.25, -0.2) is 0 Å². The van der Waals surface area contributed by atoms with Crippen LogP contribution in [0.3, 0.4) is 0 Å². The molecule has 1 aromatic rings. The SMILES string of the molecule is CC(C)Oc1cccc(C2C(C(=O)C(C)C)=C(O)C(=O)N2C2CCCC2)c1. The Morgan fingerprint density at radius 1 is 1.19 bits per heavy atom. The predicted octanol–water partition coefficient (Wildman–Crippen LogP) is 4.34.